The molecule has 0 aliphatic heterocycles. The van der Waals surface area contributed by atoms with Gasteiger partial charge in [0.1, 0.15) is 0 Å². The first-order valence-electron chi connectivity index (χ1n) is 10.3. The number of rotatable bonds is 4. The van der Waals surface area contributed by atoms with Gasteiger partial charge in [-0.2, -0.15) is 12.6 Å². The summed E-state index contributed by atoms with van der Waals surface area (Å²) >= 11 is 3.53. The Morgan fingerprint density at radius 2 is 1.43 bits per heavy atom. The molecule has 2 aromatic rings. The molecule has 0 saturated heterocycles. The highest BCUT2D eigenvalue weighted by atomic mass is 32.1. The molecule has 0 radical (unpaired) electrons. The highest BCUT2D eigenvalue weighted by Gasteiger charge is 2.09. The molecule has 0 fully saturated rings. The Morgan fingerprint density at radius 3 is 1.79 bits per heavy atom. The zero-order chi connectivity index (χ0) is 21.0. The maximum absolute atomic E-state index is 5.10. The third-order valence-corrected chi connectivity index (χ3v) is 4.45. The van der Waals surface area contributed by atoms with E-state index >= 15 is 0 Å². The van der Waals surface area contributed by atoms with Gasteiger partial charge in [-0.05, 0) is 61.8 Å². The van der Waals surface area contributed by atoms with Gasteiger partial charge in [0.25, 0.3) is 0 Å². The minimum Gasteiger partial charge on any atom is -0.403 e. The normalized spacial score (nSPS) is 14.2. The number of aryl methyl sites for hydroxylation is 1. The predicted molar refractivity (Wildman–Crippen MR) is 131 cm³/mol. The average molecular weight is 398 g/mol. The molecule has 154 valence electrons. The minimum absolute atomic E-state index is 0.755. The smallest absolute Gasteiger partial charge is 0.000466 e. The fourth-order valence-electron chi connectivity index (χ4n) is 2.70. The van der Waals surface area contributed by atoms with Crippen LogP contribution < -0.4 is 5.73 Å². The van der Waals surface area contributed by atoms with Gasteiger partial charge in [-0.15, -0.1) is 0 Å². The maximum Gasteiger partial charge on any atom is 0.000466 e. The Labute approximate surface area is 179 Å². The van der Waals surface area contributed by atoms with Gasteiger partial charge in [0.2, 0.25) is 0 Å². The summed E-state index contributed by atoms with van der Waals surface area (Å²) in [6.07, 6.45) is 13.5. The molecular formula is C26H39NS. The largest absolute Gasteiger partial charge is 0.403 e. The molecule has 28 heavy (non-hydrogen) atoms. The molecule has 1 nitrogen and oxygen atoms in total. The number of benzene rings is 2. The van der Waals surface area contributed by atoms with Gasteiger partial charge in [0.15, 0.2) is 0 Å². The van der Waals surface area contributed by atoms with Gasteiger partial charge in [-0.3, -0.25) is 0 Å². The zero-order valence-electron chi connectivity index (χ0n) is 18.0. The molecule has 0 amide bonds. The van der Waals surface area contributed by atoms with Gasteiger partial charge >= 0.3 is 0 Å². The second kappa shape index (κ2) is 18.4. The number of thiol groups is 1. The van der Waals surface area contributed by atoms with Crippen molar-refractivity contribution in [3.05, 3.63) is 96.2 Å². The summed E-state index contributed by atoms with van der Waals surface area (Å²) in [4.78, 5) is 0. The van der Waals surface area contributed by atoms with E-state index in [0.29, 0.717) is 0 Å². The summed E-state index contributed by atoms with van der Waals surface area (Å²) in [5, 5.41) is 0. The summed E-state index contributed by atoms with van der Waals surface area (Å²) in [6.45, 7) is 7.59. The van der Waals surface area contributed by atoms with Crippen LogP contribution in [-0.4, -0.2) is 6.26 Å². The summed E-state index contributed by atoms with van der Waals surface area (Å²) < 4.78 is 0. The molecule has 3 rings (SSSR count). The number of nitrogens with two attached hydrogens (primary N) is 1. The number of hydrogen-bond donors (Lipinski definition) is 2. The van der Waals surface area contributed by atoms with Gasteiger partial charge in [-0.25, -0.2) is 0 Å². The van der Waals surface area contributed by atoms with E-state index in [4.69, 9.17) is 5.73 Å². The van der Waals surface area contributed by atoms with Gasteiger partial charge in [-0.1, -0.05) is 93.2 Å². The third-order valence-electron chi connectivity index (χ3n) is 4.45. The Hall–Kier alpha value is -1.93. The molecule has 0 bridgehead atoms. The van der Waals surface area contributed by atoms with Crippen molar-refractivity contribution in [2.24, 2.45) is 11.7 Å². The monoisotopic (exact) mass is 397 g/mol. The van der Waals surface area contributed by atoms with Crippen LogP contribution in [0.25, 0.3) is 0 Å². The van der Waals surface area contributed by atoms with Gasteiger partial charge in [0.05, 0.1) is 0 Å². The lowest BCUT2D eigenvalue weighted by Gasteiger charge is -2.17. The lowest BCUT2D eigenvalue weighted by atomic mass is 9.89. The second-order valence-electron chi connectivity index (χ2n) is 6.69. The van der Waals surface area contributed by atoms with E-state index in [1.807, 2.05) is 13.0 Å². The van der Waals surface area contributed by atoms with Crippen molar-refractivity contribution in [2.75, 3.05) is 6.26 Å². The average Bonchev–Trinajstić information content (AvgIpc) is 2.78. The topological polar surface area (TPSA) is 26.0 Å². The van der Waals surface area contributed by atoms with Gasteiger partial charge < -0.3 is 5.73 Å². The van der Waals surface area contributed by atoms with Crippen molar-refractivity contribution in [1.82, 2.24) is 0 Å². The molecule has 0 aromatic heterocycles. The summed E-state index contributed by atoms with van der Waals surface area (Å²) in [6, 6.07) is 21.3. The van der Waals surface area contributed by atoms with Crippen LogP contribution in [0.5, 0.6) is 0 Å². The summed E-state index contributed by atoms with van der Waals surface area (Å²) in [5.41, 5.74) is 8.75. The van der Waals surface area contributed by atoms with Crippen LogP contribution in [0.4, 0.5) is 0 Å². The molecular weight excluding hydrogens is 358 g/mol. The van der Waals surface area contributed by atoms with Gasteiger partial charge in [0, 0.05) is 5.70 Å². The zero-order valence-corrected chi connectivity index (χ0v) is 18.9. The number of hydrogen-bond acceptors (Lipinski definition) is 2. The minimum atomic E-state index is 0.755. The van der Waals surface area contributed by atoms with E-state index in [-0.39, 0.29) is 0 Å². The molecule has 1 atom stereocenters. The second-order valence-corrected chi connectivity index (χ2v) is 6.69. The molecule has 2 N–H and O–H groups in total. The summed E-state index contributed by atoms with van der Waals surface area (Å²) in [7, 11) is 0. The quantitative estimate of drug-likeness (QED) is 0.412. The van der Waals surface area contributed by atoms with Crippen molar-refractivity contribution in [3.63, 3.8) is 0 Å². The molecule has 2 aromatic carbocycles. The van der Waals surface area contributed by atoms with Crippen LogP contribution in [0.15, 0.2) is 85.1 Å². The first-order valence-corrected chi connectivity index (χ1v) is 11.2. The standard InChI is InChI=1S/C13H16.C8H10.C4H9N.CH4S/c1-3-7-12(8-4-1)11-13-9-5-2-6-10-13;1-2-8-6-4-3-5-7-8;1-3-4(2)5;1-2/h1-5,7-8,13H,6,9-11H2;3-7H,2H2,1H3;2-3,5H2,1H3;2H,1H3. The van der Waals surface area contributed by atoms with E-state index < -0.39 is 0 Å². The predicted octanol–water partition coefficient (Wildman–Crippen LogP) is 7.25. The van der Waals surface area contributed by atoms with E-state index in [2.05, 4.69) is 92.9 Å². The highest BCUT2D eigenvalue weighted by Crippen LogP contribution is 2.22. The maximum atomic E-state index is 5.10. The first kappa shape index (κ1) is 26.1. The SMILES string of the molecule is C1=CCC(Cc2ccccc2)CC1.C=C(N)CC.CCc1ccccc1.CS. The highest BCUT2D eigenvalue weighted by molar-refractivity contribution is 7.79. The first-order chi connectivity index (χ1) is 13.7. The lowest BCUT2D eigenvalue weighted by molar-refractivity contribution is 0.477. The van der Waals surface area contributed by atoms with E-state index in [1.165, 1.54) is 36.8 Å². The van der Waals surface area contributed by atoms with Crippen LogP contribution in [-0.2, 0) is 12.8 Å². The third kappa shape index (κ3) is 14.2. The van der Waals surface area contributed by atoms with Crippen molar-refractivity contribution in [1.29, 1.82) is 0 Å². The Morgan fingerprint density at radius 1 is 0.929 bits per heavy atom. The van der Waals surface area contributed by atoms with Crippen LogP contribution in [0.2, 0.25) is 0 Å². The molecule has 2 heteroatoms. The fraction of sp³-hybridized carbons (Fsp3) is 0.385. The van der Waals surface area contributed by atoms with Crippen molar-refractivity contribution >= 4 is 12.6 Å². The Bertz CT molecular complexity index is 619. The van der Waals surface area contributed by atoms with E-state index in [9.17, 15) is 0 Å². The van der Waals surface area contributed by atoms with Crippen LogP contribution in [0.1, 0.15) is 50.7 Å². The Kier molecular flexibility index (Phi) is 17.2. The summed E-state index contributed by atoms with van der Waals surface area (Å²) in [5.74, 6) is 0.882. The molecule has 1 unspecified atom stereocenters. The van der Waals surface area contributed by atoms with Crippen molar-refractivity contribution < 1.29 is 0 Å². The molecule has 0 heterocycles. The van der Waals surface area contributed by atoms with Crippen LogP contribution in [0, 0.1) is 5.92 Å². The van der Waals surface area contributed by atoms with Crippen molar-refractivity contribution in [3.8, 4) is 0 Å². The Balaban J connectivity index is 0.000000417. The molecule has 0 spiro atoms. The number of allylic oxidation sites excluding steroid dienone is 3. The lowest BCUT2D eigenvalue weighted by Crippen LogP contribution is -2.05. The van der Waals surface area contributed by atoms with Crippen molar-refractivity contribution in [2.45, 2.75) is 52.4 Å². The molecule has 1 aliphatic rings. The van der Waals surface area contributed by atoms with E-state index in [1.54, 1.807) is 6.26 Å². The molecule has 1 aliphatic carbocycles. The van der Waals surface area contributed by atoms with E-state index in [0.717, 1.165) is 24.5 Å². The fourth-order valence-corrected chi connectivity index (χ4v) is 2.70. The molecule has 0 saturated carbocycles. The van der Waals surface area contributed by atoms with Crippen LogP contribution >= 0.6 is 12.6 Å². The van der Waals surface area contributed by atoms with Crippen LogP contribution in [0.3, 0.4) is 0 Å².